The predicted octanol–water partition coefficient (Wildman–Crippen LogP) is 4.71. The van der Waals surface area contributed by atoms with E-state index in [1.165, 1.54) is 0 Å². The molecule has 5 nitrogen and oxygen atoms in total. The first-order valence-electron chi connectivity index (χ1n) is 11.0. The fourth-order valence-electron chi connectivity index (χ4n) is 3.91. The Morgan fingerprint density at radius 2 is 1.03 bits per heavy atom. The summed E-state index contributed by atoms with van der Waals surface area (Å²) >= 11 is 0. The summed E-state index contributed by atoms with van der Waals surface area (Å²) < 4.78 is 12.0. The standard InChI is InChI=1S/C29H25NO4/c30-27(31)26(34-28(32)22-13-5-1-6-14-22)21-33-29(23-15-7-2-8-16-23,24-17-9-3-10-18-24)25-19-11-4-12-20-25/h1-20,26H,21H2,(H2,30,31). The lowest BCUT2D eigenvalue weighted by atomic mass is 9.80. The summed E-state index contributed by atoms with van der Waals surface area (Å²) in [6, 6.07) is 37.6. The maximum atomic E-state index is 12.6. The SMILES string of the molecule is NC(=O)C(COC(c1ccccc1)(c1ccccc1)c1ccccc1)OC(=O)c1ccccc1. The van der Waals surface area contributed by atoms with E-state index in [1.54, 1.807) is 30.3 Å². The molecule has 2 N–H and O–H groups in total. The van der Waals surface area contributed by atoms with E-state index < -0.39 is 23.6 Å². The van der Waals surface area contributed by atoms with Crippen molar-refractivity contribution in [1.82, 2.24) is 0 Å². The minimum Gasteiger partial charge on any atom is -0.446 e. The third-order valence-electron chi connectivity index (χ3n) is 5.57. The quantitative estimate of drug-likeness (QED) is 0.295. The molecule has 0 aliphatic rings. The molecule has 0 bridgehead atoms. The van der Waals surface area contributed by atoms with E-state index in [9.17, 15) is 9.59 Å². The summed E-state index contributed by atoms with van der Waals surface area (Å²) in [5.74, 6) is -1.43. The first-order valence-corrected chi connectivity index (χ1v) is 11.0. The zero-order chi connectivity index (χ0) is 23.8. The summed E-state index contributed by atoms with van der Waals surface area (Å²) in [5.41, 5.74) is 7.48. The van der Waals surface area contributed by atoms with Crippen LogP contribution in [0, 0.1) is 0 Å². The lowest BCUT2D eigenvalue weighted by Gasteiger charge is -2.36. The van der Waals surface area contributed by atoms with Crippen molar-refractivity contribution < 1.29 is 19.1 Å². The van der Waals surface area contributed by atoms with E-state index >= 15 is 0 Å². The van der Waals surface area contributed by atoms with Crippen molar-refractivity contribution >= 4 is 11.9 Å². The molecule has 0 fully saturated rings. The number of nitrogens with two attached hydrogens (primary N) is 1. The number of primary amides is 1. The highest BCUT2D eigenvalue weighted by molar-refractivity contribution is 5.92. The van der Waals surface area contributed by atoms with Crippen molar-refractivity contribution in [3.05, 3.63) is 144 Å². The van der Waals surface area contributed by atoms with Crippen LogP contribution in [0.2, 0.25) is 0 Å². The molecule has 5 heteroatoms. The Labute approximate surface area is 198 Å². The normalized spacial score (nSPS) is 12.0. The van der Waals surface area contributed by atoms with Crippen LogP contribution in [-0.2, 0) is 19.9 Å². The van der Waals surface area contributed by atoms with Gasteiger partial charge in [-0.1, -0.05) is 109 Å². The number of hydrogen-bond acceptors (Lipinski definition) is 4. The third kappa shape index (κ3) is 4.90. The highest BCUT2D eigenvalue weighted by atomic mass is 16.6. The van der Waals surface area contributed by atoms with Crippen LogP contribution >= 0.6 is 0 Å². The van der Waals surface area contributed by atoms with Crippen LogP contribution in [0.5, 0.6) is 0 Å². The summed E-state index contributed by atoms with van der Waals surface area (Å²) in [5, 5.41) is 0. The molecular formula is C29H25NO4. The van der Waals surface area contributed by atoms with Crippen LogP contribution in [-0.4, -0.2) is 24.6 Å². The molecule has 170 valence electrons. The van der Waals surface area contributed by atoms with Gasteiger partial charge in [-0.15, -0.1) is 0 Å². The zero-order valence-electron chi connectivity index (χ0n) is 18.5. The van der Waals surface area contributed by atoms with Gasteiger partial charge in [0.15, 0.2) is 0 Å². The molecular weight excluding hydrogens is 426 g/mol. The van der Waals surface area contributed by atoms with Crippen molar-refractivity contribution in [1.29, 1.82) is 0 Å². The van der Waals surface area contributed by atoms with Crippen LogP contribution in [0.4, 0.5) is 0 Å². The molecule has 4 aromatic carbocycles. The van der Waals surface area contributed by atoms with E-state index in [4.69, 9.17) is 15.2 Å². The van der Waals surface area contributed by atoms with E-state index in [1.807, 2.05) is 91.0 Å². The fourth-order valence-corrected chi connectivity index (χ4v) is 3.91. The van der Waals surface area contributed by atoms with Crippen LogP contribution in [0.3, 0.4) is 0 Å². The molecule has 0 heterocycles. The number of amides is 1. The first-order chi connectivity index (χ1) is 16.6. The Hall–Kier alpha value is -4.22. The van der Waals surface area contributed by atoms with E-state index in [0.717, 1.165) is 16.7 Å². The van der Waals surface area contributed by atoms with Gasteiger partial charge in [-0.05, 0) is 28.8 Å². The fraction of sp³-hybridized carbons (Fsp3) is 0.103. The molecule has 4 rings (SSSR count). The highest BCUT2D eigenvalue weighted by Crippen LogP contribution is 2.40. The van der Waals surface area contributed by atoms with Crippen molar-refractivity contribution in [2.75, 3.05) is 6.61 Å². The van der Waals surface area contributed by atoms with Crippen molar-refractivity contribution in [2.45, 2.75) is 11.7 Å². The summed E-state index contributed by atoms with van der Waals surface area (Å²) in [7, 11) is 0. The smallest absolute Gasteiger partial charge is 0.338 e. The number of carbonyl (C=O) groups is 2. The predicted molar refractivity (Wildman–Crippen MR) is 130 cm³/mol. The third-order valence-corrected chi connectivity index (χ3v) is 5.57. The minimum atomic E-state index is -1.27. The van der Waals surface area contributed by atoms with Gasteiger partial charge in [0.2, 0.25) is 6.10 Å². The molecule has 34 heavy (non-hydrogen) atoms. The second kappa shape index (κ2) is 10.6. The Balaban J connectivity index is 1.73. The molecule has 0 radical (unpaired) electrons. The lowest BCUT2D eigenvalue weighted by molar-refractivity contribution is -0.132. The molecule has 0 aliphatic carbocycles. The molecule has 0 aromatic heterocycles. The average molecular weight is 452 g/mol. The summed E-state index contributed by atoms with van der Waals surface area (Å²) in [6.07, 6.45) is -1.27. The van der Waals surface area contributed by atoms with E-state index in [2.05, 4.69) is 0 Å². The monoisotopic (exact) mass is 451 g/mol. The topological polar surface area (TPSA) is 78.6 Å². The van der Waals surface area contributed by atoms with Crippen LogP contribution < -0.4 is 5.73 Å². The molecule has 1 unspecified atom stereocenters. The maximum absolute atomic E-state index is 12.6. The number of ether oxygens (including phenoxy) is 2. The van der Waals surface area contributed by atoms with Gasteiger partial charge in [0.05, 0.1) is 12.2 Å². The number of rotatable bonds is 9. The second-order valence-electron chi connectivity index (χ2n) is 7.75. The average Bonchev–Trinajstić information content (AvgIpc) is 2.90. The highest BCUT2D eigenvalue weighted by Gasteiger charge is 2.39. The van der Waals surface area contributed by atoms with E-state index in [-0.39, 0.29) is 6.61 Å². The summed E-state index contributed by atoms with van der Waals surface area (Å²) in [4.78, 5) is 24.9. The molecule has 0 spiro atoms. The van der Waals surface area contributed by atoms with Gasteiger partial charge in [-0.25, -0.2) is 4.79 Å². The zero-order valence-corrected chi connectivity index (χ0v) is 18.5. The first kappa shape index (κ1) is 23.0. The molecule has 4 aromatic rings. The minimum absolute atomic E-state index is 0.230. The number of carbonyl (C=O) groups excluding carboxylic acids is 2. The number of hydrogen-bond donors (Lipinski definition) is 1. The van der Waals surface area contributed by atoms with Crippen molar-refractivity contribution in [3.63, 3.8) is 0 Å². The Morgan fingerprint density at radius 1 is 0.647 bits per heavy atom. The van der Waals surface area contributed by atoms with Gasteiger partial charge >= 0.3 is 5.97 Å². The van der Waals surface area contributed by atoms with Crippen molar-refractivity contribution in [2.24, 2.45) is 5.73 Å². The van der Waals surface area contributed by atoms with Gasteiger partial charge < -0.3 is 15.2 Å². The molecule has 1 amide bonds. The Bertz CT molecular complexity index is 1120. The van der Waals surface area contributed by atoms with Crippen LogP contribution in [0.1, 0.15) is 27.0 Å². The van der Waals surface area contributed by atoms with Crippen LogP contribution in [0.25, 0.3) is 0 Å². The van der Waals surface area contributed by atoms with E-state index in [0.29, 0.717) is 5.56 Å². The molecule has 0 saturated heterocycles. The maximum Gasteiger partial charge on any atom is 0.338 e. The van der Waals surface area contributed by atoms with Gasteiger partial charge in [-0.2, -0.15) is 0 Å². The van der Waals surface area contributed by atoms with Gasteiger partial charge in [0, 0.05) is 0 Å². The van der Waals surface area contributed by atoms with Gasteiger partial charge in [0.1, 0.15) is 5.60 Å². The molecule has 1 atom stereocenters. The number of benzene rings is 4. The second-order valence-corrected chi connectivity index (χ2v) is 7.75. The Morgan fingerprint density at radius 3 is 1.41 bits per heavy atom. The van der Waals surface area contributed by atoms with Gasteiger partial charge in [0.25, 0.3) is 5.91 Å². The van der Waals surface area contributed by atoms with Crippen molar-refractivity contribution in [3.8, 4) is 0 Å². The number of esters is 1. The largest absolute Gasteiger partial charge is 0.446 e. The van der Waals surface area contributed by atoms with Gasteiger partial charge in [-0.3, -0.25) is 4.79 Å². The van der Waals surface area contributed by atoms with Crippen LogP contribution in [0.15, 0.2) is 121 Å². The Kier molecular flexibility index (Phi) is 7.16. The molecule has 0 aliphatic heterocycles. The lowest BCUT2D eigenvalue weighted by Crippen LogP contribution is -2.42. The molecule has 0 saturated carbocycles. The summed E-state index contributed by atoms with van der Waals surface area (Å²) in [6.45, 7) is -0.230.